The molecular weight excluding hydrogens is 402 g/mol. The summed E-state index contributed by atoms with van der Waals surface area (Å²) >= 11 is 1.53. The number of carbonyl (C=O) groups is 2. The van der Waals surface area contributed by atoms with Crippen molar-refractivity contribution in [2.75, 3.05) is 6.54 Å². The van der Waals surface area contributed by atoms with Crippen LogP contribution in [0.2, 0.25) is 0 Å². The number of nitrogens with one attached hydrogen (secondary N) is 1. The first-order valence-corrected chi connectivity index (χ1v) is 10.7. The zero-order valence-corrected chi connectivity index (χ0v) is 17.5. The van der Waals surface area contributed by atoms with E-state index in [4.69, 9.17) is 4.99 Å². The highest BCUT2D eigenvalue weighted by molar-refractivity contribution is 7.16. The zero-order chi connectivity index (χ0) is 20.8. The summed E-state index contributed by atoms with van der Waals surface area (Å²) in [4.78, 5) is 39.0. The lowest BCUT2D eigenvalue weighted by molar-refractivity contribution is -0.127. The number of nitrogens with zero attached hydrogens (tertiary/aromatic N) is 6. The van der Waals surface area contributed by atoms with Gasteiger partial charge < -0.3 is 4.90 Å². The van der Waals surface area contributed by atoms with Crippen LogP contribution in [-0.4, -0.2) is 60.9 Å². The largest absolute Gasteiger partial charge is 0.340 e. The first kappa shape index (κ1) is 18.7. The Morgan fingerprint density at radius 1 is 1.17 bits per heavy atom. The number of imidazole rings is 1. The number of rotatable bonds is 5. The molecule has 0 aliphatic carbocycles. The number of aromatic nitrogens is 3. The smallest absolute Gasteiger partial charge is 0.325 e. The second kappa shape index (κ2) is 7.21. The highest BCUT2D eigenvalue weighted by Gasteiger charge is 2.49. The maximum absolute atomic E-state index is 12.8. The molecule has 5 rings (SSSR count). The van der Waals surface area contributed by atoms with Crippen LogP contribution in [0.3, 0.4) is 0 Å². The molecule has 10 heteroatoms. The van der Waals surface area contributed by atoms with Crippen LogP contribution in [-0.2, 0) is 17.8 Å². The van der Waals surface area contributed by atoms with Crippen LogP contribution < -0.4 is 5.32 Å². The highest BCUT2D eigenvalue weighted by Crippen LogP contribution is 2.28. The summed E-state index contributed by atoms with van der Waals surface area (Å²) in [7, 11) is 0. The topological polar surface area (TPSA) is 95.2 Å². The molecule has 1 N–H and O–H groups in total. The molecule has 0 bridgehead atoms. The summed E-state index contributed by atoms with van der Waals surface area (Å²) in [6.45, 7) is 4.83. The maximum atomic E-state index is 12.8. The number of hydrogen-bond acceptors (Lipinski definition) is 7. The van der Waals surface area contributed by atoms with Crippen molar-refractivity contribution in [1.29, 1.82) is 0 Å². The molecule has 0 radical (unpaired) electrons. The molecule has 1 saturated heterocycles. The van der Waals surface area contributed by atoms with Gasteiger partial charge in [-0.1, -0.05) is 41.7 Å². The number of hydrogen-bond donors (Lipinski definition) is 1. The first-order chi connectivity index (χ1) is 14.5. The van der Waals surface area contributed by atoms with Crippen LogP contribution in [0, 0.1) is 6.92 Å². The van der Waals surface area contributed by atoms with E-state index in [1.807, 2.05) is 55.3 Å². The van der Waals surface area contributed by atoms with E-state index < -0.39 is 18.2 Å². The first-order valence-electron chi connectivity index (χ1n) is 9.84. The Labute approximate surface area is 177 Å². The second-order valence-electron chi connectivity index (χ2n) is 7.35. The fraction of sp³-hybridized carbons (Fsp3) is 0.350. The number of likely N-dealkylation sites (N-methyl/N-ethyl adjacent to an activating group) is 1. The molecule has 2 unspecified atom stereocenters. The third-order valence-corrected chi connectivity index (χ3v) is 6.22. The van der Waals surface area contributed by atoms with E-state index in [-0.39, 0.29) is 5.91 Å². The number of urea groups is 1. The lowest BCUT2D eigenvalue weighted by Crippen LogP contribution is -2.64. The molecule has 0 saturated carbocycles. The number of imide groups is 1. The van der Waals surface area contributed by atoms with Gasteiger partial charge >= 0.3 is 6.03 Å². The molecule has 0 spiro atoms. The minimum atomic E-state index is -0.554. The van der Waals surface area contributed by atoms with Gasteiger partial charge in [0.2, 0.25) is 4.96 Å². The predicted octanol–water partition coefficient (Wildman–Crippen LogP) is 1.82. The predicted molar refractivity (Wildman–Crippen MR) is 112 cm³/mol. The van der Waals surface area contributed by atoms with Crippen molar-refractivity contribution in [3.05, 3.63) is 52.8 Å². The van der Waals surface area contributed by atoms with Gasteiger partial charge in [0.05, 0.1) is 11.9 Å². The van der Waals surface area contributed by atoms with Crippen LogP contribution in [0.4, 0.5) is 4.79 Å². The average molecular weight is 424 g/mol. The van der Waals surface area contributed by atoms with Crippen molar-refractivity contribution in [2.24, 2.45) is 4.99 Å². The summed E-state index contributed by atoms with van der Waals surface area (Å²) in [6.07, 6.45) is 1.83. The standard InChI is InChI=1S/C20H21N7O2S/c1-3-25-17-16(18(28)23-19(25)29)26(10-13-7-5-4-6-8-13)15(22-17)9-14-11-27-20(21-14)30-12(2)24-27/h4-8,11,16-17H,3,9-10H2,1-2H3,(H,23,28,29). The molecular formula is C20H21N7O2S. The van der Waals surface area contributed by atoms with Crippen LogP contribution in [0.5, 0.6) is 0 Å². The van der Waals surface area contributed by atoms with Crippen molar-refractivity contribution in [2.45, 2.75) is 39.0 Å². The number of amidine groups is 1. The van der Waals surface area contributed by atoms with Gasteiger partial charge in [-0.25, -0.2) is 19.3 Å². The third kappa shape index (κ3) is 3.13. The van der Waals surface area contributed by atoms with E-state index in [1.54, 1.807) is 9.42 Å². The second-order valence-corrected chi connectivity index (χ2v) is 8.52. The molecule has 3 amide bonds. The molecule has 4 heterocycles. The molecule has 2 aliphatic heterocycles. The van der Waals surface area contributed by atoms with Crippen molar-refractivity contribution < 1.29 is 9.59 Å². The normalized spacial score (nSPS) is 21.2. The van der Waals surface area contributed by atoms with Gasteiger partial charge in [0.25, 0.3) is 5.91 Å². The Morgan fingerprint density at radius 2 is 1.97 bits per heavy atom. The fourth-order valence-corrected chi connectivity index (χ4v) is 4.79. The summed E-state index contributed by atoms with van der Waals surface area (Å²) in [5.41, 5.74) is 1.90. The van der Waals surface area contributed by atoms with E-state index in [1.165, 1.54) is 11.3 Å². The van der Waals surface area contributed by atoms with E-state index in [0.717, 1.165) is 27.1 Å². The SMILES string of the molecule is CCN1C(=O)NC(=O)C2C1N=C(Cc1cn3nc(C)sc3n1)N2Cc1ccccc1. The summed E-state index contributed by atoms with van der Waals surface area (Å²) in [5.74, 6) is 0.437. The summed E-state index contributed by atoms with van der Waals surface area (Å²) in [5, 5.41) is 7.85. The average Bonchev–Trinajstić information content (AvgIpc) is 3.35. The number of benzene rings is 1. The summed E-state index contributed by atoms with van der Waals surface area (Å²) < 4.78 is 1.77. The van der Waals surface area contributed by atoms with Crippen molar-refractivity contribution in [1.82, 2.24) is 29.7 Å². The number of amides is 3. The number of aryl methyl sites for hydroxylation is 1. The van der Waals surface area contributed by atoms with Gasteiger partial charge in [-0.2, -0.15) is 5.10 Å². The highest BCUT2D eigenvalue weighted by atomic mass is 32.1. The molecule has 1 aromatic carbocycles. The van der Waals surface area contributed by atoms with Crippen molar-refractivity contribution in [3.8, 4) is 0 Å². The van der Waals surface area contributed by atoms with Crippen LogP contribution in [0.25, 0.3) is 4.96 Å². The molecule has 2 atom stereocenters. The van der Waals surface area contributed by atoms with Gasteiger partial charge in [0.15, 0.2) is 12.2 Å². The number of fused-ring (bicyclic) bond motifs is 2. The minimum absolute atomic E-state index is 0.313. The minimum Gasteiger partial charge on any atom is -0.340 e. The zero-order valence-electron chi connectivity index (χ0n) is 16.6. The van der Waals surface area contributed by atoms with E-state index in [2.05, 4.69) is 15.4 Å². The van der Waals surface area contributed by atoms with Gasteiger partial charge in [-0.05, 0) is 19.4 Å². The fourth-order valence-electron chi connectivity index (χ4n) is 4.05. The monoisotopic (exact) mass is 423 g/mol. The van der Waals surface area contributed by atoms with Crippen molar-refractivity contribution >= 4 is 34.1 Å². The molecule has 30 heavy (non-hydrogen) atoms. The third-order valence-electron chi connectivity index (χ3n) is 5.38. The lowest BCUT2D eigenvalue weighted by Gasteiger charge is -2.37. The molecule has 9 nitrogen and oxygen atoms in total. The van der Waals surface area contributed by atoms with Gasteiger partial charge in [0.1, 0.15) is 10.8 Å². The molecule has 1 fully saturated rings. The lowest BCUT2D eigenvalue weighted by atomic mass is 10.1. The van der Waals surface area contributed by atoms with Crippen LogP contribution in [0.1, 0.15) is 23.2 Å². The van der Waals surface area contributed by atoms with Crippen LogP contribution >= 0.6 is 11.3 Å². The van der Waals surface area contributed by atoms with Crippen molar-refractivity contribution in [3.63, 3.8) is 0 Å². The molecule has 3 aromatic rings. The van der Waals surface area contributed by atoms with E-state index in [0.29, 0.717) is 19.5 Å². The maximum Gasteiger partial charge on any atom is 0.325 e. The van der Waals surface area contributed by atoms with Gasteiger partial charge in [-0.3, -0.25) is 15.0 Å². The molecule has 2 aliphatic rings. The summed E-state index contributed by atoms with van der Waals surface area (Å²) in [6, 6.07) is 9.00. The Balaban J connectivity index is 1.50. The van der Waals surface area contributed by atoms with Gasteiger partial charge in [0, 0.05) is 19.5 Å². The number of aliphatic imine (C=N–C) groups is 1. The molecule has 2 aromatic heterocycles. The van der Waals surface area contributed by atoms with Crippen LogP contribution in [0.15, 0.2) is 41.5 Å². The van der Waals surface area contributed by atoms with Gasteiger partial charge in [-0.15, -0.1) is 0 Å². The Morgan fingerprint density at radius 3 is 2.70 bits per heavy atom. The van der Waals surface area contributed by atoms with E-state index in [9.17, 15) is 9.59 Å². The number of carbonyl (C=O) groups excluding carboxylic acids is 2. The quantitative estimate of drug-likeness (QED) is 0.676. The Hall–Kier alpha value is -3.27. The van der Waals surface area contributed by atoms with E-state index >= 15 is 0 Å². The molecule has 154 valence electrons. The Kier molecular flexibility index (Phi) is 4.50. The Bertz CT molecular complexity index is 1120.